The van der Waals surface area contributed by atoms with E-state index in [0.717, 1.165) is 52.5 Å². The third-order valence-corrected chi connectivity index (χ3v) is 9.07. The Bertz CT molecular complexity index is 1250. The van der Waals surface area contributed by atoms with Gasteiger partial charge in [0.15, 0.2) is 5.13 Å². The third-order valence-electron chi connectivity index (χ3n) is 8.05. The van der Waals surface area contributed by atoms with Gasteiger partial charge in [0.2, 0.25) is 0 Å². The average Bonchev–Trinajstić information content (AvgIpc) is 3.77. The molecule has 4 fully saturated rings. The van der Waals surface area contributed by atoms with Crippen molar-refractivity contribution in [1.29, 1.82) is 0 Å². The highest BCUT2D eigenvalue weighted by molar-refractivity contribution is 7.22. The van der Waals surface area contributed by atoms with Gasteiger partial charge in [0.25, 0.3) is 0 Å². The smallest absolute Gasteiger partial charge is 0.335 e. The molecule has 35 heavy (non-hydrogen) atoms. The summed E-state index contributed by atoms with van der Waals surface area (Å²) < 4.78 is 18.6. The third kappa shape index (κ3) is 3.80. The second kappa shape index (κ2) is 8.20. The molecule has 2 unspecified atom stereocenters. The number of aromatic nitrogens is 2. The summed E-state index contributed by atoms with van der Waals surface area (Å²) in [5.41, 5.74) is 3.35. The number of carbonyl (C=O) groups is 1. The zero-order chi connectivity index (χ0) is 23.7. The first-order chi connectivity index (χ1) is 17.1. The quantitative estimate of drug-likeness (QED) is 0.440. The minimum atomic E-state index is -0.958. The Morgan fingerprint density at radius 3 is 2.54 bits per heavy atom. The number of nitrogens with zero attached hydrogens (tertiary/aromatic N) is 3. The molecule has 4 heterocycles. The van der Waals surface area contributed by atoms with Crippen molar-refractivity contribution in [3.8, 4) is 5.75 Å². The summed E-state index contributed by atoms with van der Waals surface area (Å²) in [5.74, 6) is 1.75. The Hall–Kier alpha value is -2.65. The van der Waals surface area contributed by atoms with Gasteiger partial charge in [0.1, 0.15) is 17.0 Å². The van der Waals surface area contributed by atoms with Crippen molar-refractivity contribution in [2.75, 3.05) is 12.0 Å². The van der Waals surface area contributed by atoms with E-state index in [1.807, 2.05) is 0 Å². The van der Waals surface area contributed by atoms with E-state index in [9.17, 15) is 9.90 Å². The molecule has 4 aliphatic rings. The predicted octanol–water partition coefficient (Wildman–Crippen LogP) is 5.46. The Morgan fingerprint density at radius 2 is 1.89 bits per heavy atom. The number of anilines is 1. The van der Waals surface area contributed by atoms with Crippen LogP contribution in [0.2, 0.25) is 0 Å². The van der Waals surface area contributed by atoms with Crippen LogP contribution in [0.25, 0.3) is 10.2 Å². The molecule has 2 aromatic heterocycles. The van der Waals surface area contributed by atoms with Gasteiger partial charge in [-0.1, -0.05) is 16.5 Å². The van der Waals surface area contributed by atoms with Crippen LogP contribution < -0.4 is 9.64 Å². The van der Waals surface area contributed by atoms with Crippen molar-refractivity contribution >= 4 is 32.7 Å². The van der Waals surface area contributed by atoms with Crippen LogP contribution in [0.4, 0.5) is 5.13 Å². The van der Waals surface area contributed by atoms with E-state index in [-0.39, 0.29) is 11.7 Å². The van der Waals surface area contributed by atoms with Crippen LogP contribution in [0.1, 0.15) is 90.6 Å². The largest absolute Gasteiger partial charge is 0.494 e. The minimum Gasteiger partial charge on any atom is -0.494 e. The topological polar surface area (TPSA) is 97.9 Å². The van der Waals surface area contributed by atoms with Gasteiger partial charge in [-0.15, -0.1) is 0 Å². The number of piperidine rings is 1. The van der Waals surface area contributed by atoms with Gasteiger partial charge in [-0.3, -0.25) is 0 Å². The highest BCUT2D eigenvalue weighted by Crippen LogP contribution is 2.48. The van der Waals surface area contributed by atoms with Crippen molar-refractivity contribution < 1.29 is 23.9 Å². The molecule has 3 aromatic rings. The molecule has 2 aliphatic heterocycles. The van der Waals surface area contributed by atoms with Crippen molar-refractivity contribution in [3.63, 3.8) is 0 Å². The van der Waals surface area contributed by atoms with Gasteiger partial charge in [-0.2, -0.15) is 0 Å². The molecule has 2 saturated heterocycles. The minimum absolute atomic E-state index is 0.222. The second-order valence-electron chi connectivity index (χ2n) is 10.5. The van der Waals surface area contributed by atoms with E-state index in [0.29, 0.717) is 36.3 Å². The molecule has 7 rings (SSSR count). The maximum Gasteiger partial charge on any atom is 0.335 e. The molecule has 1 aromatic carbocycles. The maximum atomic E-state index is 11.5. The summed E-state index contributed by atoms with van der Waals surface area (Å²) in [6.45, 7) is 0.613. The van der Waals surface area contributed by atoms with E-state index < -0.39 is 5.97 Å². The Morgan fingerprint density at radius 1 is 1.14 bits per heavy atom. The van der Waals surface area contributed by atoms with Gasteiger partial charge in [-0.05, 0) is 63.5 Å². The van der Waals surface area contributed by atoms with E-state index in [4.69, 9.17) is 19.0 Å². The fourth-order valence-corrected chi connectivity index (χ4v) is 7.14. The van der Waals surface area contributed by atoms with Crippen molar-refractivity contribution in [3.05, 3.63) is 34.7 Å². The summed E-state index contributed by atoms with van der Waals surface area (Å²) in [5, 5.41) is 14.8. The fraction of sp³-hybridized carbons (Fsp3) is 0.577. The van der Waals surface area contributed by atoms with Gasteiger partial charge in [0, 0.05) is 29.5 Å². The van der Waals surface area contributed by atoms with E-state index >= 15 is 0 Å². The Kier molecular flexibility index (Phi) is 5.06. The highest BCUT2D eigenvalue weighted by atomic mass is 32.1. The van der Waals surface area contributed by atoms with Gasteiger partial charge >= 0.3 is 5.97 Å². The summed E-state index contributed by atoms with van der Waals surface area (Å²) in [7, 11) is 1.56. The number of benzene rings is 1. The number of ether oxygens (including phenoxy) is 2. The van der Waals surface area contributed by atoms with Gasteiger partial charge < -0.3 is 24.0 Å². The molecule has 1 N–H and O–H groups in total. The summed E-state index contributed by atoms with van der Waals surface area (Å²) in [6.07, 6.45) is 9.28. The first kappa shape index (κ1) is 21.6. The first-order valence-corrected chi connectivity index (χ1v) is 13.5. The number of carboxylic acids is 1. The van der Waals surface area contributed by atoms with E-state index in [1.54, 1.807) is 30.6 Å². The van der Waals surface area contributed by atoms with E-state index in [1.165, 1.54) is 31.2 Å². The van der Waals surface area contributed by atoms with Crippen LogP contribution in [-0.4, -0.2) is 46.5 Å². The maximum absolute atomic E-state index is 11.5. The number of fused-ring (bicyclic) bond motifs is 3. The molecule has 184 valence electrons. The van der Waals surface area contributed by atoms with E-state index in [2.05, 4.69) is 10.1 Å². The first-order valence-electron chi connectivity index (χ1n) is 12.7. The number of hydrogen-bond acceptors (Lipinski definition) is 8. The number of aromatic carboxylic acids is 1. The fourth-order valence-electron chi connectivity index (χ4n) is 5.98. The number of hydrogen-bond donors (Lipinski definition) is 1. The van der Waals surface area contributed by atoms with Gasteiger partial charge in [-0.25, -0.2) is 9.78 Å². The number of rotatable bonds is 8. The summed E-state index contributed by atoms with van der Waals surface area (Å²) in [4.78, 5) is 18.9. The van der Waals surface area contributed by atoms with Crippen molar-refractivity contribution in [1.82, 2.24) is 10.1 Å². The zero-order valence-corrected chi connectivity index (χ0v) is 20.6. The van der Waals surface area contributed by atoms with Crippen LogP contribution in [-0.2, 0) is 11.3 Å². The normalized spacial score (nSPS) is 26.0. The molecule has 0 amide bonds. The lowest BCUT2D eigenvalue weighted by Crippen LogP contribution is -2.45. The number of thiazole rings is 1. The van der Waals surface area contributed by atoms with Gasteiger partial charge in [0.05, 0.1) is 35.8 Å². The average molecular weight is 496 g/mol. The standard InChI is InChI=1S/C26H29N3O5S/c1-32-20-8-15(25(30)31)9-21-23(20)27-26(35-21)29-16-6-7-17(29)11-18(10-16)33-12-19-22(13-2-3-13)28-34-24(19)14-4-5-14/h8-9,13-14,16-18H,2-7,10-12H2,1H3,(H,30,31). The van der Waals surface area contributed by atoms with Crippen molar-refractivity contribution in [2.45, 2.75) is 88.0 Å². The molecule has 8 nitrogen and oxygen atoms in total. The molecule has 0 spiro atoms. The van der Waals surface area contributed by atoms with Crippen LogP contribution in [0.3, 0.4) is 0 Å². The summed E-state index contributed by atoms with van der Waals surface area (Å²) >= 11 is 1.56. The molecular formula is C26H29N3O5S. The lowest BCUT2D eigenvalue weighted by Gasteiger charge is -2.38. The Labute approximate surface area is 207 Å². The molecule has 0 radical (unpaired) electrons. The highest BCUT2D eigenvalue weighted by Gasteiger charge is 2.43. The number of carboxylic acid groups (broad SMARTS) is 1. The lowest BCUT2D eigenvalue weighted by molar-refractivity contribution is 0.0142. The van der Waals surface area contributed by atoms with Crippen LogP contribution in [0.5, 0.6) is 5.75 Å². The molecular weight excluding hydrogens is 466 g/mol. The molecule has 2 aliphatic carbocycles. The number of methoxy groups -OCH3 is 1. The van der Waals surface area contributed by atoms with Crippen LogP contribution >= 0.6 is 11.3 Å². The lowest BCUT2D eigenvalue weighted by atomic mass is 10.00. The second-order valence-corrected chi connectivity index (χ2v) is 11.5. The zero-order valence-electron chi connectivity index (χ0n) is 19.7. The van der Waals surface area contributed by atoms with Crippen molar-refractivity contribution in [2.24, 2.45) is 0 Å². The van der Waals surface area contributed by atoms with Crippen LogP contribution in [0.15, 0.2) is 16.7 Å². The molecule has 9 heteroatoms. The molecule has 2 saturated carbocycles. The van der Waals surface area contributed by atoms with Crippen LogP contribution in [0, 0.1) is 0 Å². The molecule has 2 bridgehead atoms. The monoisotopic (exact) mass is 495 g/mol. The molecule has 2 atom stereocenters. The Balaban J connectivity index is 1.09. The summed E-state index contributed by atoms with van der Waals surface area (Å²) in [6, 6.07) is 4.03. The predicted molar refractivity (Wildman–Crippen MR) is 131 cm³/mol. The SMILES string of the molecule is COc1cc(C(=O)O)cc2sc(N3C4CCC3CC(OCc3c(C5CC5)noc3C3CC3)C4)nc12.